The highest BCUT2D eigenvalue weighted by molar-refractivity contribution is 7.98. The maximum atomic E-state index is 5.40. The molecule has 1 aromatic carbocycles. The van der Waals surface area contributed by atoms with Gasteiger partial charge in [0.25, 0.3) is 0 Å². The third kappa shape index (κ3) is 3.12. The van der Waals surface area contributed by atoms with Crippen molar-refractivity contribution >= 4 is 11.8 Å². The highest BCUT2D eigenvalue weighted by Crippen LogP contribution is 2.36. The highest BCUT2D eigenvalue weighted by Gasteiger charge is 2.28. The van der Waals surface area contributed by atoms with Crippen LogP contribution < -0.4 is 0 Å². The topological polar surface area (TPSA) is 82.5 Å². The lowest BCUT2D eigenvalue weighted by Crippen LogP contribution is -2.03. The van der Waals surface area contributed by atoms with Crippen molar-refractivity contribution in [3.63, 3.8) is 0 Å². The third-order valence-electron chi connectivity index (χ3n) is 3.74. The quantitative estimate of drug-likeness (QED) is 0.687. The van der Waals surface area contributed by atoms with E-state index in [1.165, 1.54) is 12.8 Å². The van der Waals surface area contributed by atoms with E-state index in [4.69, 9.17) is 4.52 Å². The Hall–Kier alpha value is -2.22. The molecule has 0 amide bonds. The zero-order chi connectivity index (χ0) is 15.6. The summed E-state index contributed by atoms with van der Waals surface area (Å²) in [7, 11) is 0. The van der Waals surface area contributed by atoms with Crippen LogP contribution in [0.25, 0.3) is 11.4 Å². The fourth-order valence-electron chi connectivity index (χ4n) is 2.29. The largest absolute Gasteiger partial charge is 0.338 e. The molecule has 0 aliphatic heterocycles. The fraction of sp³-hybridized carbons (Fsp3) is 0.400. The zero-order valence-electron chi connectivity index (χ0n) is 12.7. The Morgan fingerprint density at radius 1 is 1.30 bits per heavy atom. The van der Waals surface area contributed by atoms with Gasteiger partial charge in [0.15, 0.2) is 5.82 Å². The van der Waals surface area contributed by atoms with Gasteiger partial charge in [-0.15, -0.1) is 16.9 Å². The molecule has 3 aromatic rings. The summed E-state index contributed by atoms with van der Waals surface area (Å²) in [6, 6.07) is 10.3. The van der Waals surface area contributed by atoms with Gasteiger partial charge in [-0.25, -0.2) is 4.68 Å². The molecule has 2 heterocycles. The first-order valence-corrected chi connectivity index (χ1v) is 8.63. The number of hydrogen-bond acceptors (Lipinski definition) is 7. The summed E-state index contributed by atoms with van der Waals surface area (Å²) in [5, 5.41) is 16.1. The van der Waals surface area contributed by atoms with Crippen LogP contribution in [0.2, 0.25) is 0 Å². The molecule has 1 unspecified atom stereocenters. The molecule has 4 rings (SSSR count). The minimum atomic E-state index is 0.0873. The number of thioether (sulfide) groups is 1. The van der Waals surface area contributed by atoms with Crippen LogP contribution in [0, 0.1) is 0 Å². The first-order valence-electron chi connectivity index (χ1n) is 7.58. The number of nitrogens with zero attached hydrogens (tertiary/aromatic N) is 6. The zero-order valence-corrected chi connectivity index (χ0v) is 13.5. The molecule has 0 saturated heterocycles. The average molecular weight is 328 g/mol. The van der Waals surface area contributed by atoms with Crippen molar-refractivity contribution in [2.75, 3.05) is 0 Å². The van der Waals surface area contributed by atoms with E-state index in [-0.39, 0.29) is 5.25 Å². The molecule has 2 aromatic heterocycles. The molecule has 1 fully saturated rings. The molecule has 8 heteroatoms. The second-order valence-electron chi connectivity index (χ2n) is 5.55. The fourth-order valence-corrected chi connectivity index (χ4v) is 3.11. The Kier molecular flexibility index (Phi) is 3.82. The van der Waals surface area contributed by atoms with E-state index in [1.54, 1.807) is 11.8 Å². The minimum Gasteiger partial charge on any atom is -0.338 e. The summed E-state index contributed by atoms with van der Waals surface area (Å²) in [6.07, 6.45) is 2.34. The Balaban J connectivity index is 1.42. The van der Waals surface area contributed by atoms with Gasteiger partial charge in [-0.1, -0.05) is 35.5 Å². The maximum Gasteiger partial charge on any atom is 0.239 e. The van der Waals surface area contributed by atoms with Crippen LogP contribution in [0.3, 0.4) is 0 Å². The number of aromatic nitrogens is 6. The summed E-state index contributed by atoms with van der Waals surface area (Å²) >= 11 is 1.70. The summed E-state index contributed by atoms with van der Waals surface area (Å²) in [6.45, 7) is 2.05. The molecule has 1 atom stereocenters. The lowest BCUT2D eigenvalue weighted by Gasteiger charge is -2.06. The van der Waals surface area contributed by atoms with Crippen LogP contribution >= 0.6 is 11.8 Å². The van der Waals surface area contributed by atoms with Crippen LogP contribution in [0.15, 0.2) is 34.9 Å². The van der Waals surface area contributed by atoms with E-state index in [9.17, 15) is 0 Å². The number of tetrazole rings is 1. The third-order valence-corrected chi connectivity index (χ3v) is 4.86. The lowest BCUT2D eigenvalue weighted by molar-refractivity contribution is 0.380. The van der Waals surface area contributed by atoms with E-state index in [1.807, 2.05) is 35.0 Å². The minimum absolute atomic E-state index is 0.0873. The van der Waals surface area contributed by atoms with E-state index in [2.05, 4.69) is 32.6 Å². The molecular formula is C15H16N6OS. The molecule has 0 radical (unpaired) electrons. The predicted molar refractivity (Wildman–Crippen MR) is 85.5 cm³/mol. The smallest absolute Gasteiger partial charge is 0.239 e. The van der Waals surface area contributed by atoms with Gasteiger partial charge >= 0.3 is 0 Å². The molecule has 0 N–H and O–H groups in total. The summed E-state index contributed by atoms with van der Waals surface area (Å²) < 4.78 is 7.33. The molecule has 1 saturated carbocycles. The van der Waals surface area contributed by atoms with Crippen molar-refractivity contribution in [1.29, 1.82) is 0 Å². The van der Waals surface area contributed by atoms with Crippen molar-refractivity contribution in [1.82, 2.24) is 30.3 Å². The Bertz CT molecular complexity index is 782. The van der Waals surface area contributed by atoms with Gasteiger partial charge < -0.3 is 4.52 Å². The molecule has 1 aliphatic carbocycles. The Labute approximate surface area is 137 Å². The van der Waals surface area contributed by atoms with Gasteiger partial charge in [0, 0.05) is 5.56 Å². The van der Waals surface area contributed by atoms with E-state index in [0.29, 0.717) is 17.8 Å². The monoisotopic (exact) mass is 328 g/mol. The molecule has 0 bridgehead atoms. The molecule has 1 aliphatic rings. The van der Waals surface area contributed by atoms with Crippen LogP contribution in [-0.2, 0) is 5.75 Å². The van der Waals surface area contributed by atoms with Crippen molar-refractivity contribution in [2.45, 2.75) is 36.8 Å². The van der Waals surface area contributed by atoms with Gasteiger partial charge in [0.1, 0.15) is 0 Å². The Morgan fingerprint density at radius 2 is 2.13 bits per heavy atom. The molecule has 0 spiro atoms. The number of hydrogen-bond donors (Lipinski definition) is 0. The van der Waals surface area contributed by atoms with Gasteiger partial charge in [0.05, 0.1) is 17.0 Å². The molecule has 7 nitrogen and oxygen atoms in total. The summed E-state index contributed by atoms with van der Waals surface area (Å²) in [4.78, 5) is 4.49. The van der Waals surface area contributed by atoms with E-state index in [0.717, 1.165) is 17.1 Å². The van der Waals surface area contributed by atoms with Gasteiger partial charge in [0.2, 0.25) is 11.7 Å². The van der Waals surface area contributed by atoms with Crippen LogP contribution in [-0.4, -0.2) is 30.3 Å². The summed E-state index contributed by atoms with van der Waals surface area (Å²) in [5.74, 6) is 2.88. The second-order valence-corrected chi connectivity index (χ2v) is 6.88. The van der Waals surface area contributed by atoms with E-state index >= 15 is 0 Å². The van der Waals surface area contributed by atoms with Crippen LogP contribution in [0.4, 0.5) is 0 Å². The highest BCUT2D eigenvalue weighted by atomic mass is 32.2. The first-order chi connectivity index (χ1) is 11.3. The van der Waals surface area contributed by atoms with Gasteiger partial charge in [-0.05, 0) is 30.2 Å². The second kappa shape index (κ2) is 6.11. The van der Waals surface area contributed by atoms with E-state index < -0.39 is 0 Å². The van der Waals surface area contributed by atoms with Crippen molar-refractivity contribution in [3.8, 4) is 11.4 Å². The molecule has 23 heavy (non-hydrogen) atoms. The normalized spacial score (nSPS) is 15.7. The van der Waals surface area contributed by atoms with Crippen molar-refractivity contribution in [3.05, 3.63) is 42.0 Å². The Morgan fingerprint density at radius 3 is 2.91 bits per heavy atom. The lowest BCUT2D eigenvalue weighted by atomic mass is 10.2. The van der Waals surface area contributed by atoms with Crippen molar-refractivity contribution in [2.24, 2.45) is 0 Å². The average Bonchev–Trinajstić information content (AvgIpc) is 3.13. The molecular weight excluding hydrogens is 312 g/mol. The van der Waals surface area contributed by atoms with Crippen LogP contribution in [0.1, 0.15) is 42.8 Å². The SMILES string of the molecule is CC(SCc1nnnn1C1CC1)c1nc(-c2ccccc2)no1. The number of rotatable bonds is 6. The first kappa shape index (κ1) is 14.4. The van der Waals surface area contributed by atoms with Gasteiger partial charge in [-0.2, -0.15) is 4.98 Å². The van der Waals surface area contributed by atoms with Crippen molar-refractivity contribution < 1.29 is 4.52 Å². The summed E-state index contributed by atoms with van der Waals surface area (Å²) in [5.41, 5.74) is 0.956. The number of benzene rings is 1. The molecule has 118 valence electrons. The standard InChI is InChI=1S/C15H16N6OS/c1-10(23-9-13-17-19-20-21(13)12-7-8-12)15-16-14(18-22-15)11-5-3-2-4-6-11/h2-6,10,12H,7-9H2,1H3. The predicted octanol–water partition coefficient (Wildman–Crippen LogP) is 3.05. The maximum absolute atomic E-state index is 5.40. The van der Waals surface area contributed by atoms with Gasteiger partial charge in [-0.3, -0.25) is 0 Å². The van der Waals surface area contributed by atoms with Crippen LogP contribution in [0.5, 0.6) is 0 Å².